The van der Waals surface area contributed by atoms with Gasteiger partial charge in [-0.15, -0.1) is 0 Å². The van der Waals surface area contributed by atoms with Crippen molar-refractivity contribution in [2.75, 3.05) is 6.61 Å². The molecule has 4 rings (SSSR count). The lowest BCUT2D eigenvalue weighted by atomic mass is 9.79. The molecule has 0 saturated heterocycles. The van der Waals surface area contributed by atoms with Crippen LogP contribution in [0.25, 0.3) is 0 Å². The molecule has 1 aliphatic rings. The average Bonchev–Trinajstić information content (AvgIpc) is 3.15. The molecule has 10 heteroatoms. The largest absolute Gasteiger partial charge is 0.394 e. The second-order valence-electron chi connectivity index (χ2n) is 6.92. The van der Waals surface area contributed by atoms with Gasteiger partial charge in [0.2, 0.25) is 5.95 Å². The van der Waals surface area contributed by atoms with E-state index in [2.05, 4.69) is 15.3 Å². The SMILES string of the molecule is O=c1ccc(C2=N[C@@](c3ccc(F)cc3)(c3ccc(F)nc3)[C@H](CO)N2)cn1C(F)F. The van der Waals surface area contributed by atoms with Crippen molar-refractivity contribution in [2.24, 2.45) is 4.99 Å². The molecule has 2 atom stereocenters. The lowest BCUT2D eigenvalue weighted by Gasteiger charge is -2.32. The highest BCUT2D eigenvalue weighted by molar-refractivity contribution is 6.01. The fourth-order valence-electron chi connectivity index (χ4n) is 3.68. The van der Waals surface area contributed by atoms with Gasteiger partial charge in [-0.1, -0.05) is 18.2 Å². The molecule has 31 heavy (non-hydrogen) atoms. The molecule has 1 aliphatic heterocycles. The Balaban J connectivity index is 1.94. The van der Waals surface area contributed by atoms with Gasteiger partial charge in [-0.2, -0.15) is 13.2 Å². The maximum absolute atomic E-state index is 13.6. The Morgan fingerprint density at radius 3 is 2.39 bits per heavy atom. The number of benzene rings is 1. The number of rotatable bonds is 5. The molecule has 0 bridgehead atoms. The van der Waals surface area contributed by atoms with Crippen LogP contribution in [-0.4, -0.2) is 33.1 Å². The second-order valence-corrected chi connectivity index (χ2v) is 6.92. The number of hydrogen-bond donors (Lipinski definition) is 2. The fourth-order valence-corrected chi connectivity index (χ4v) is 3.68. The molecule has 0 unspecified atom stereocenters. The van der Waals surface area contributed by atoms with Crippen molar-refractivity contribution in [2.45, 2.75) is 18.1 Å². The molecular weight excluding hydrogens is 416 g/mol. The summed E-state index contributed by atoms with van der Waals surface area (Å²) in [6, 6.07) is 9.42. The topological polar surface area (TPSA) is 79.5 Å². The number of pyridine rings is 2. The zero-order chi connectivity index (χ0) is 22.2. The minimum Gasteiger partial charge on any atom is -0.394 e. The van der Waals surface area contributed by atoms with Crippen molar-refractivity contribution in [3.05, 3.63) is 99.7 Å². The fraction of sp³-hybridized carbons (Fsp3) is 0.190. The van der Waals surface area contributed by atoms with Gasteiger partial charge in [0.05, 0.1) is 12.6 Å². The Morgan fingerprint density at radius 2 is 1.77 bits per heavy atom. The molecule has 0 amide bonds. The lowest BCUT2D eigenvalue weighted by molar-refractivity contribution is 0.0663. The number of aromatic nitrogens is 2. The predicted octanol–water partition coefficient (Wildman–Crippen LogP) is 2.57. The zero-order valence-electron chi connectivity index (χ0n) is 15.8. The van der Waals surface area contributed by atoms with Crippen LogP contribution in [0.2, 0.25) is 0 Å². The third-order valence-electron chi connectivity index (χ3n) is 5.16. The van der Waals surface area contributed by atoms with Crippen LogP contribution in [0, 0.1) is 11.8 Å². The summed E-state index contributed by atoms with van der Waals surface area (Å²) in [6.45, 7) is -3.50. The van der Waals surface area contributed by atoms with Crippen molar-refractivity contribution in [1.82, 2.24) is 14.9 Å². The third kappa shape index (κ3) is 3.59. The second kappa shape index (κ2) is 7.95. The molecule has 0 saturated carbocycles. The predicted molar refractivity (Wildman–Crippen MR) is 104 cm³/mol. The number of aliphatic hydroxyl groups excluding tert-OH is 1. The quantitative estimate of drug-likeness (QED) is 0.480. The Morgan fingerprint density at radius 1 is 1.06 bits per heavy atom. The van der Waals surface area contributed by atoms with Crippen molar-refractivity contribution in [3.63, 3.8) is 0 Å². The monoisotopic (exact) mass is 432 g/mol. The zero-order valence-corrected chi connectivity index (χ0v) is 15.8. The number of hydrogen-bond acceptors (Lipinski definition) is 5. The third-order valence-corrected chi connectivity index (χ3v) is 5.16. The minimum atomic E-state index is -3.05. The number of halogens is 4. The standard InChI is InChI=1S/C21H16F4N4O2/c22-15-5-2-13(3-6-15)21(14-4-7-17(23)26-9-14)16(11-30)27-19(28-21)12-1-8-18(31)29(10-12)20(24)25/h1-10,16,20,30H,11H2,(H,27,28)/t16-,21-/m0/s1. The first-order chi connectivity index (χ1) is 14.8. The summed E-state index contributed by atoms with van der Waals surface area (Å²) in [5, 5.41) is 13.1. The molecular formula is C21H16F4N4O2. The summed E-state index contributed by atoms with van der Waals surface area (Å²) in [6.07, 6.45) is 2.20. The van der Waals surface area contributed by atoms with Gasteiger partial charge in [-0.05, 0) is 29.8 Å². The molecule has 0 aliphatic carbocycles. The molecule has 1 aromatic carbocycles. The van der Waals surface area contributed by atoms with E-state index in [9.17, 15) is 27.5 Å². The summed E-state index contributed by atoms with van der Waals surface area (Å²) in [4.78, 5) is 20.0. The number of aliphatic hydroxyl groups is 1. The first kappa shape index (κ1) is 20.7. The van der Waals surface area contributed by atoms with E-state index in [1.54, 1.807) is 0 Å². The number of amidine groups is 1. The molecule has 0 radical (unpaired) electrons. The van der Waals surface area contributed by atoms with Crippen LogP contribution in [0.1, 0.15) is 23.2 Å². The summed E-state index contributed by atoms with van der Waals surface area (Å²) >= 11 is 0. The molecule has 2 aromatic heterocycles. The Kier molecular flexibility index (Phi) is 5.32. The van der Waals surface area contributed by atoms with Crippen molar-refractivity contribution < 1.29 is 22.7 Å². The van der Waals surface area contributed by atoms with E-state index in [0.29, 0.717) is 11.1 Å². The first-order valence-electron chi connectivity index (χ1n) is 9.21. The average molecular weight is 432 g/mol. The van der Waals surface area contributed by atoms with Crippen molar-refractivity contribution >= 4 is 5.84 Å². The summed E-state index contributed by atoms with van der Waals surface area (Å²) in [5.41, 5.74) is -1.21. The van der Waals surface area contributed by atoms with Crippen LogP contribution >= 0.6 is 0 Å². The Bertz CT molecular complexity index is 1130. The highest BCUT2D eigenvalue weighted by atomic mass is 19.3. The molecule has 0 spiro atoms. The van der Waals surface area contributed by atoms with E-state index in [1.165, 1.54) is 42.6 Å². The van der Waals surface area contributed by atoms with Crippen LogP contribution < -0.4 is 10.9 Å². The van der Waals surface area contributed by atoms with Gasteiger partial charge in [0.1, 0.15) is 17.2 Å². The van der Waals surface area contributed by atoms with E-state index in [4.69, 9.17) is 0 Å². The smallest absolute Gasteiger partial charge is 0.321 e. The molecule has 3 heterocycles. The van der Waals surface area contributed by atoms with Gasteiger partial charge < -0.3 is 10.4 Å². The van der Waals surface area contributed by atoms with E-state index in [-0.39, 0.29) is 16.0 Å². The number of nitrogens with one attached hydrogen (secondary N) is 1. The van der Waals surface area contributed by atoms with Crippen LogP contribution in [-0.2, 0) is 5.54 Å². The van der Waals surface area contributed by atoms with Gasteiger partial charge in [-0.25, -0.2) is 14.4 Å². The van der Waals surface area contributed by atoms with Gasteiger partial charge in [0.25, 0.3) is 5.56 Å². The van der Waals surface area contributed by atoms with Gasteiger partial charge >= 0.3 is 6.55 Å². The van der Waals surface area contributed by atoms with E-state index in [1.807, 2.05) is 0 Å². The molecule has 6 nitrogen and oxygen atoms in total. The Labute approximate surface area is 173 Å². The maximum Gasteiger partial charge on any atom is 0.321 e. The molecule has 2 N–H and O–H groups in total. The number of nitrogens with zero attached hydrogens (tertiary/aromatic N) is 3. The molecule has 0 fully saturated rings. The molecule has 160 valence electrons. The lowest BCUT2D eigenvalue weighted by Crippen LogP contribution is -2.46. The van der Waals surface area contributed by atoms with Gasteiger partial charge in [0, 0.05) is 29.6 Å². The molecule has 3 aromatic rings. The van der Waals surface area contributed by atoms with E-state index >= 15 is 0 Å². The van der Waals surface area contributed by atoms with Crippen molar-refractivity contribution in [3.8, 4) is 0 Å². The first-order valence-corrected chi connectivity index (χ1v) is 9.21. The van der Waals surface area contributed by atoms with E-state index in [0.717, 1.165) is 18.3 Å². The Hall–Kier alpha value is -3.53. The van der Waals surface area contributed by atoms with Gasteiger partial charge in [-0.3, -0.25) is 9.36 Å². The van der Waals surface area contributed by atoms with Crippen LogP contribution in [0.4, 0.5) is 17.6 Å². The number of alkyl halides is 2. The maximum atomic E-state index is 13.6. The van der Waals surface area contributed by atoms with Crippen LogP contribution in [0.5, 0.6) is 0 Å². The van der Waals surface area contributed by atoms with Gasteiger partial charge in [0.15, 0.2) is 0 Å². The summed E-state index contributed by atoms with van der Waals surface area (Å²) in [7, 11) is 0. The van der Waals surface area contributed by atoms with Crippen LogP contribution in [0.15, 0.2) is 70.7 Å². The van der Waals surface area contributed by atoms with Crippen molar-refractivity contribution in [1.29, 1.82) is 0 Å². The normalized spacial score (nSPS) is 20.6. The van der Waals surface area contributed by atoms with E-state index < -0.39 is 42.1 Å². The highest BCUT2D eigenvalue weighted by Crippen LogP contribution is 2.40. The minimum absolute atomic E-state index is 0.127. The summed E-state index contributed by atoms with van der Waals surface area (Å²) < 4.78 is 53.6. The highest BCUT2D eigenvalue weighted by Gasteiger charge is 2.47. The van der Waals surface area contributed by atoms with Crippen LogP contribution in [0.3, 0.4) is 0 Å². The number of aliphatic imine (C=N–C) groups is 1. The summed E-state index contributed by atoms with van der Waals surface area (Å²) in [5.74, 6) is -1.09.